The van der Waals surface area contributed by atoms with Gasteiger partial charge in [0.05, 0.1) is 11.1 Å². The molecule has 0 bridgehead atoms. The highest BCUT2D eigenvalue weighted by Gasteiger charge is 2.30. The van der Waals surface area contributed by atoms with E-state index in [1.807, 2.05) is 0 Å². The van der Waals surface area contributed by atoms with Gasteiger partial charge in [0.1, 0.15) is 5.52 Å². The van der Waals surface area contributed by atoms with Crippen molar-refractivity contribution in [2.24, 2.45) is 0 Å². The Morgan fingerprint density at radius 3 is 2.55 bits per heavy atom. The molecule has 31 heavy (non-hydrogen) atoms. The average molecular weight is 460 g/mol. The zero-order chi connectivity index (χ0) is 22.6. The van der Waals surface area contributed by atoms with Gasteiger partial charge in [-0.25, -0.2) is 4.79 Å². The first-order valence-corrected chi connectivity index (χ1v) is 10.4. The number of benzene rings is 2. The number of H-pyrrole nitrogens is 1. The van der Waals surface area contributed by atoms with Crippen molar-refractivity contribution in [3.8, 4) is 5.75 Å². The highest BCUT2D eigenvalue weighted by Crippen LogP contribution is 2.30. The minimum Gasteiger partial charge on any atom is -0.384 e. The summed E-state index contributed by atoms with van der Waals surface area (Å²) in [6.07, 6.45) is -4.41. The Balaban J connectivity index is 1.54. The maximum atomic E-state index is 12.7. The number of anilines is 1. The van der Waals surface area contributed by atoms with Gasteiger partial charge in [-0.2, -0.15) is 21.6 Å². The second kappa shape index (κ2) is 8.99. The molecule has 13 heteroatoms. The lowest BCUT2D eigenvalue weighted by Gasteiger charge is -2.11. The molecule has 0 aliphatic carbocycles. The molecule has 0 saturated heterocycles. The SMILES string of the molecule is O=c1[nH]c2c(OS(=O)(=O)O)cccc2n1CCNCCNc1cccc(C(F)(F)F)c1. The van der Waals surface area contributed by atoms with E-state index in [9.17, 15) is 26.4 Å². The first-order valence-electron chi connectivity index (χ1n) is 9.05. The van der Waals surface area contributed by atoms with Gasteiger partial charge in [-0.05, 0) is 30.3 Å². The molecule has 3 aromatic rings. The summed E-state index contributed by atoms with van der Waals surface area (Å²) in [4.78, 5) is 14.7. The van der Waals surface area contributed by atoms with Crippen LogP contribution >= 0.6 is 0 Å². The predicted molar refractivity (Wildman–Crippen MR) is 108 cm³/mol. The number of nitrogens with zero attached hydrogens (tertiary/aromatic N) is 1. The molecule has 168 valence electrons. The number of hydrogen-bond donors (Lipinski definition) is 4. The molecule has 0 radical (unpaired) electrons. The van der Waals surface area contributed by atoms with E-state index in [1.54, 1.807) is 6.07 Å². The predicted octanol–water partition coefficient (Wildman–Crippen LogP) is 2.23. The van der Waals surface area contributed by atoms with Crippen LogP contribution in [0.25, 0.3) is 11.0 Å². The number of hydrogen-bond acceptors (Lipinski definition) is 6. The second-order valence-corrected chi connectivity index (χ2v) is 7.52. The molecule has 0 atom stereocenters. The molecule has 0 unspecified atom stereocenters. The monoisotopic (exact) mass is 460 g/mol. The molecule has 4 N–H and O–H groups in total. The summed E-state index contributed by atoms with van der Waals surface area (Å²) in [5.41, 5.74) is -0.381. The van der Waals surface area contributed by atoms with Gasteiger partial charge in [0.15, 0.2) is 5.75 Å². The Labute approximate surface area is 174 Å². The summed E-state index contributed by atoms with van der Waals surface area (Å²) < 4.78 is 74.7. The van der Waals surface area contributed by atoms with E-state index in [0.717, 1.165) is 12.1 Å². The van der Waals surface area contributed by atoms with Crippen LogP contribution in [0, 0.1) is 0 Å². The van der Waals surface area contributed by atoms with Crippen LogP contribution in [0.15, 0.2) is 47.3 Å². The number of nitrogens with one attached hydrogen (secondary N) is 3. The average Bonchev–Trinajstić information content (AvgIpc) is 2.99. The normalized spacial score (nSPS) is 12.3. The molecule has 0 fully saturated rings. The van der Waals surface area contributed by atoms with Gasteiger partial charge in [0, 0.05) is 31.9 Å². The smallest absolute Gasteiger partial charge is 0.384 e. The number of halogens is 3. The van der Waals surface area contributed by atoms with Crippen LogP contribution in [0.2, 0.25) is 0 Å². The zero-order valence-corrected chi connectivity index (χ0v) is 16.8. The van der Waals surface area contributed by atoms with E-state index < -0.39 is 27.8 Å². The summed E-state index contributed by atoms with van der Waals surface area (Å²) >= 11 is 0. The van der Waals surface area contributed by atoms with E-state index in [1.165, 1.54) is 28.8 Å². The maximum Gasteiger partial charge on any atom is 0.446 e. The lowest BCUT2D eigenvalue weighted by atomic mass is 10.2. The third-order valence-corrected chi connectivity index (χ3v) is 4.69. The molecule has 3 rings (SSSR count). The van der Waals surface area contributed by atoms with Gasteiger partial charge in [0.2, 0.25) is 0 Å². The molecule has 0 aliphatic heterocycles. The van der Waals surface area contributed by atoms with E-state index in [-0.39, 0.29) is 17.8 Å². The summed E-state index contributed by atoms with van der Waals surface area (Å²) in [6.45, 7) is 1.37. The number of imidazole rings is 1. The Morgan fingerprint density at radius 1 is 1.10 bits per heavy atom. The van der Waals surface area contributed by atoms with Gasteiger partial charge in [-0.3, -0.25) is 9.12 Å². The summed E-state index contributed by atoms with van der Waals surface area (Å²) in [6, 6.07) is 9.22. The van der Waals surface area contributed by atoms with Crippen molar-refractivity contribution in [2.75, 3.05) is 25.0 Å². The van der Waals surface area contributed by atoms with Crippen molar-refractivity contribution in [1.82, 2.24) is 14.9 Å². The number of aromatic amines is 1. The Bertz CT molecular complexity index is 1220. The Kier molecular flexibility index (Phi) is 6.57. The molecule has 0 amide bonds. The maximum absolute atomic E-state index is 12.7. The molecule has 1 aromatic heterocycles. The number of alkyl halides is 3. The van der Waals surface area contributed by atoms with Crippen molar-refractivity contribution in [3.63, 3.8) is 0 Å². The zero-order valence-electron chi connectivity index (χ0n) is 15.9. The molecular weight excluding hydrogens is 441 g/mol. The molecule has 9 nitrogen and oxygen atoms in total. The van der Waals surface area contributed by atoms with Crippen LogP contribution in [-0.4, -0.2) is 42.2 Å². The van der Waals surface area contributed by atoms with Crippen LogP contribution in [0.5, 0.6) is 5.75 Å². The summed E-state index contributed by atoms with van der Waals surface area (Å²) in [5, 5.41) is 5.94. The van der Waals surface area contributed by atoms with Crippen LogP contribution in [-0.2, 0) is 23.1 Å². The largest absolute Gasteiger partial charge is 0.446 e. The highest BCUT2D eigenvalue weighted by atomic mass is 32.3. The fraction of sp³-hybridized carbons (Fsp3) is 0.278. The van der Waals surface area contributed by atoms with Crippen molar-refractivity contribution in [2.45, 2.75) is 12.7 Å². The second-order valence-electron chi connectivity index (χ2n) is 6.50. The van der Waals surface area contributed by atoms with Crippen molar-refractivity contribution < 1.29 is 30.3 Å². The minimum absolute atomic E-state index is 0.122. The van der Waals surface area contributed by atoms with E-state index in [4.69, 9.17) is 4.55 Å². The first kappa shape index (κ1) is 22.7. The van der Waals surface area contributed by atoms with Gasteiger partial charge in [0.25, 0.3) is 0 Å². The van der Waals surface area contributed by atoms with Gasteiger partial charge in [-0.1, -0.05) is 12.1 Å². The van der Waals surface area contributed by atoms with Crippen LogP contribution in [0.1, 0.15) is 5.56 Å². The highest BCUT2D eigenvalue weighted by molar-refractivity contribution is 7.81. The third kappa shape index (κ3) is 5.99. The van der Waals surface area contributed by atoms with E-state index in [0.29, 0.717) is 30.8 Å². The molecule has 1 heterocycles. The van der Waals surface area contributed by atoms with Crippen molar-refractivity contribution in [1.29, 1.82) is 0 Å². The van der Waals surface area contributed by atoms with Gasteiger partial charge in [-0.15, -0.1) is 0 Å². The van der Waals surface area contributed by atoms with Crippen LogP contribution in [0.3, 0.4) is 0 Å². The summed E-state index contributed by atoms with van der Waals surface area (Å²) in [5.74, 6) is -0.214. The van der Waals surface area contributed by atoms with E-state index in [2.05, 4.69) is 19.8 Å². The number of para-hydroxylation sites is 1. The fourth-order valence-corrected chi connectivity index (χ4v) is 3.34. The molecular formula is C18H19F3N4O5S. The quantitative estimate of drug-likeness (QED) is 0.285. The van der Waals surface area contributed by atoms with Crippen molar-refractivity contribution in [3.05, 3.63) is 58.5 Å². The number of aromatic nitrogens is 2. The molecule has 2 aromatic carbocycles. The van der Waals surface area contributed by atoms with Gasteiger partial charge < -0.3 is 19.8 Å². The topological polar surface area (TPSA) is 125 Å². The van der Waals surface area contributed by atoms with Crippen LogP contribution in [0.4, 0.5) is 18.9 Å². The molecule has 0 spiro atoms. The lowest BCUT2D eigenvalue weighted by Crippen LogP contribution is -2.28. The molecule has 0 aliphatic rings. The minimum atomic E-state index is -4.75. The lowest BCUT2D eigenvalue weighted by molar-refractivity contribution is -0.137. The van der Waals surface area contributed by atoms with E-state index >= 15 is 0 Å². The Hall–Kier alpha value is -3.03. The standard InChI is InChI=1S/C18H19F3N4O5S/c19-18(20,21)12-3-1-4-13(11-12)23-8-7-22-9-10-25-14-5-2-6-15(30-31(27,28)29)16(14)24-17(25)26/h1-6,11,22-23H,7-10H2,(H,24,26)(H,27,28,29). The van der Waals surface area contributed by atoms with Crippen LogP contribution < -0.4 is 20.5 Å². The third-order valence-electron chi connectivity index (χ3n) is 4.30. The fourth-order valence-electron chi connectivity index (χ4n) is 2.98. The summed E-state index contributed by atoms with van der Waals surface area (Å²) in [7, 11) is -4.75. The van der Waals surface area contributed by atoms with Gasteiger partial charge >= 0.3 is 22.3 Å². The molecule has 0 saturated carbocycles. The Morgan fingerprint density at radius 2 is 1.84 bits per heavy atom. The number of rotatable bonds is 9. The van der Waals surface area contributed by atoms with Crippen molar-refractivity contribution >= 4 is 27.1 Å². The number of fused-ring (bicyclic) bond motifs is 1. The first-order chi connectivity index (χ1) is 14.5.